The average Bonchev–Trinajstić information content (AvgIpc) is 2.84. The molecule has 1 N–H and O–H groups in total. The first-order valence-corrected chi connectivity index (χ1v) is 7.44. The highest BCUT2D eigenvalue weighted by molar-refractivity contribution is 6.33. The van der Waals surface area contributed by atoms with E-state index in [1.807, 2.05) is 25.1 Å². The van der Waals surface area contributed by atoms with Crippen LogP contribution < -0.4 is 5.32 Å². The number of benzene rings is 2. The monoisotopic (exact) mass is 313 g/mol. The van der Waals surface area contributed by atoms with Crippen molar-refractivity contribution >= 4 is 34.2 Å². The number of nitrogens with one attached hydrogen (secondary N) is 1. The van der Waals surface area contributed by atoms with Crippen molar-refractivity contribution in [3.8, 4) is 0 Å². The van der Waals surface area contributed by atoms with Crippen molar-refractivity contribution in [1.29, 1.82) is 0 Å². The molecule has 0 saturated heterocycles. The first-order chi connectivity index (χ1) is 10.5. The zero-order valence-corrected chi connectivity index (χ0v) is 13.2. The van der Waals surface area contributed by atoms with Gasteiger partial charge in [0.2, 0.25) is 5.91 Å². The molecule has 22 heavy (non-hydrogen) atoms. The lowest BCUT2D eigenvalue weighted by Crippen LogP contribution is -2.14. The molecule has 3 rings (SSSR count). The molecule has 1 aromatic heterocycles. The molecule has 0 unspecified atom stereocenters. The van der Waals surface area contributed by atoms with Gasteiger partial charge in [-0.05, 0) is 49.2 Å². The van der Waals surface area contributed by atoms with E-state index in [2.05, 4.69) is 18.3 Å². The quantitative estimate of drug-likeness (QED) is 0.748. The number of fused-ring (bicyclic) bond motifs is 1. The molecule has 0 aliphatic carbocycles. The van der Waals surface area contributed by atoms with E-state index < -0.39 is 0 Å². The Morgan fingerprint density at radius 1 is 1.18 bits per heavy atom. The summed E-state index contributed by atoms with van der Waals surface area (Å²) in [5.41, 5.74) is 4.66. The number of hydrogen-bond acceptors (Lipinski definition) is 2. The Balaban J connectivity index is 1.83. The Bertz CT molecular complexity index is 851. The van der Waals surface area contributed by atoms with Gasteiger partial charge in [-0.25, -0.2) is 0 Å². The molecular weight excluding hydrogens is 298 g/mol. The molecule has 0 aliphatic rings. The van der Waals surface area contributed by atoms with Crippen LogP contribution in [0.5, 0.6) is 0 Å². The van der Waals surface area contributed by atoms with E-state index in [1.165, 1.54) is 11.1 Å². The highest BCUT2D eigenvalue weighted by atomic mass is 35.5. The number of carbonyl (C=O) groups excluding carboxylic acids is 1. The SMILES string of the molecule is Cc1cc2occ(CC(=O)Nc3ccccc3Cl)c2cc1C. The fourth-order valence-corrected chi connectivity index (χ4v) is 2.59. The van der Waals surface area contributed by atoms with Crippen LogP contribution in [-0.2, 0) is 11.2 Å². The molecule has 1 amide bonds. The van der Waals surface area contributed by atoms with Gasteiger partial charge in [0.25, 0.3) is 0 Å². The fraction of sp³-hybridized carbons (Fsp3) is 0.167. The molecule has 0 spiro atoms. The summed E-state index contributed by atoms with van der Waals surface area (Å²) in [5.74, 6) is -0.117. The fourth-order valence-electron chi connectivity index (χ4n) is 2.40. The number of anilines is 1. The summed E-state index contributed by atoms with van der Waals surface area (Å²) < 4.78 is 5.55. The Kier molecular flexibility index (Phi) is 3.90. The summed E-state index contributed by atoms with van der Waals surface area (Å²) in [6, 6.07) is 11.2. The zero-order valence-electron chi connectivity index (χ0n) is 12.4. The van der Waals surface area contributed by atoms with E-state index in [1.54, 1.807) is 18.4 Å². The van der Waals surface area contributed by atoms with E-state index in [0.717, 1.165) is 16.5 Å². The van der Waals surface area contributed by atoms with Crippen molar-refractivity contribution in [3.63, 3.8) is 0 Å². The van der Waals surface area contributed by atoms with Crippen LogP contribution in [0.15, 0.2) is 47.1 Å². The Labute approximate surface area is 133 Å². The van der Waals surface area contributed by atoms with Gasteiger partial charge in [0.1, 0.15) is 5.58 Å². The van der Waals surface area contributed by atoms with Crippen LogP contribution in [0.3, 0.4) is 0 Å². The van der Waals surface area contributed by atoms with Crippen LogP contribution >= 0.6 is 11.6 Å². The predicted octanol–water partition coefficient (Wildman–Crippen LogP) is 4.88. The Hall–Kier alpha value is -2.26. The average molecular weight is 314 g/mol. The van der Waals surface area contributed by atoms with Gasteiger partial charge in [-0.3, -0.25) is 4.79 Å². The summed E-state index contributed by atoms with van der Waals surface area (Å²) in [7, 11) is 0. The number of aryl methyl sites for hydroxylation is 2. The number of halogens is 1. The molecule has 0 saturated carbocycles. The van der Waals surface area contributed by atoms with Crippen LogP contribution in [0.4, 0.5) is 5.69 Å². The first-order valence-electron chi connectivity index (χ1n) is 7.06. The van der Waals surface area contributed by atoms with E-state index in [0.29, 0.717) is 10.7 Å². The van der Waals surface area contributed by atoms with Crippen molar-refractivity contribution in [1.82, 2.24) is 0 Å². The smallest absolute Gasteiger partial charge is 0.228 e. The third-order valence-corrected chi connectivity index (χ3v) is 4.10. The molecule has 0 aliphatic heterocycles. The summed E-state index contributed by atoms with van der Waals surface area (Å²) >= 11 is 6.05. The Morgan fingerprint density at radius 3 is 2.68 bits per heavy atom. The summed E-state index contributed by atoms with van der Waals surface area (Å²) in [5, 5.41) is 4.34. The number of para-hydroxylation sites is 1. The second-order valence-electron chi connectivity index (χ2n) is 5.40. The number of hydrogen-bond donors (Lipinski definition) is 1. The van der Waals surface area contributed by atoms with Crippen molar-refractivity contribution in [2.24, 2.45) is 0 Å². The topological polar surface area (TPSA) is 42.2 Å². The van der Waals surface area contributed by atoms with Gasteiger partial charge in [0, 0.05) is 10.9 Å². The van der Waals surface area contributed by atoms with Crippen LogP contribution in [-0.4, -0.2) is 5.91 Å². The second kappa shape index (κ2) is 5.85. The van der Waals surface area contributed by atoms with Crippen molar-refractivity contribution in [3.05, 3.63) is 64.4 Å². The minimum atomic E-state index is -0.117. The molecule has 0 atom stereocenters. The van der Waals surface area contributed by atoms with Crippen molar-refractivity contribution in [2.75, 3.05) is 5.32 Å². The maximum Gasteiger partial charge on any atom is 0.228 e. The second-order valence-corrected chi connectivity index (χ2v) is 5.81. The number of rotatable bonds is 3. The molecule has 0 fully saturated rings. The molecular formula is C18H16ClNO2. The maximum atomic E-state index is 12.2. The normalized spacial score (nSPS) is 10.9. The summed E-state index contributed by atoms with van der Waals surface area (Å²) in [4.78, 5) is 12.2. The third-order valence-electron chi connectivity index (χ3n) is 3.77. The molecule has 2 aromatic carbocycles. The van der Waals surface area contributed by atoms with Gasteiger partial charge in [-0.15, -0.1) is 0 Å². The van der Waals surface area contributed by atoms with Gasteiger partial charge in [0.15, 0.2) is 0 Å². The molecule has 112 valence electrons. The van der Waals surface area contributed by atoms with E-state index >= 15 is 0 Å². The standard InChI is InChI=1S/C18H16ClNO2/c1-11-7-14-13(10-22-17(14)8-12(11)2)9-18(21)20-16-6-4-3-5-15(16)19/h3-8,10H,9H2,1-2H3,(H,20,21). The van der Waals surface area contributed by atoms with E-state index in [-0.39, 0.29) is 12.3 Å². The molecule has 0 radical (unpaired) electrons. The van der Waals surface area contributed by atoms with Crippen LogP contribution in [0.25, 0.3) is 11.0 Å². The largest absolute Gasteiger partial charge is 0.464 e. The molecule has 4 heteroatoms. The predicted molar refractivity (Wildman–Crippen MR) is 89.5 cm³/mol. The lowest BCUT2D eigenvalue weighted by Gasteiger charge is -2.06. The Morgan fingerprint density at radius 2 is 1.91 bits per heavy atom. The van der Waals surface area contributed by atoms with E-state index in [4.69, 9.17) is 16.0 Å². The minimum Gasteiger partial charge on any atom is -0.464 e. The lowest BCUT2D eigenvalue weighted by atomic mass is 10.0. The van der Waals surface area contributed by atoms with Gasteiger partial charge in [-0.2, -0.15) is 0 Å². The lowest BCUT2D eigenvalue weighted by molar-refractivity contribution is -0.115. The van der Waals surface area contributed by atoms with Crippen molar-refractivity contribution < 1.29 is 9.21 Å². The number of carbonyl (C=O) groups is 1. The van der Waals surface area contributed by atoms with Gasteiger partial charge >= 0.3 is 0 Å². The van der Waals surface area contributed by atoms with Crippen molar-refractivity contribution in [2.45, 2.75) is 20.3 Å². The molecule has 0 bridgehead atoms. The molecule has 1 heterocycles. The maximum absolute atomic E-state index is 12.2. The third kappa shape index (κ3) is 2.85. The highest BCUT2D eigenvalue weighted by Gasteiger charge is 2.12. The zero-order chi connectivity index (χ0) is 15.7. The van der Waals surface area contributed by atoms with E-state index in [9.17, 15) is 4.79 Å². The first kappa shape index (κ1) is 14.7. The highest BCUT2D eigenvalue weighted by Crippen LogP contribution is 2.26. The van der Waals surface area contributed by atoms with Gasteiger partial charge in [0.05, 0.1) is 23.4 Å². The minimum absolute atomic E-state index is 0.117. The summed E-state index contributed by atoms with van der Waals surface area (Å²) in [6.45, 7) is 4.09. The number of amides is 1. The summed E-state index contributed by atoms with van der Waals surface area (Å²) in [6.07, 6.45) is 1.90. The van der Waals surface area contributed by atoms with Crippen LogP contribution in [0.2, 0.25) is 5.02 Å². The van der Waals surface area contributed by atoms with Crippen LogP contribution in [0, 0.1) is 13.8 Å². The molecule has 3 nitrogen and oxygen atoms in total. The van der Waals surface area contributed by atoms with Gasteiger partial charge < -0.3 is 9.73 Å². The molecule has 3 aromatic rings. The van der Waals surface area contributed by atoms with Gasteiger partial charge in [-0.1, -0.05) is 23.7 Å². The number of furan rings is 1. The van der Waals surface area contributed by atoms with Crippen LogP contribution in [0.1, 0.15) is 16.7 Å².